The van der Waals surface area contributed by atoms with Crippen LogP contribution in [0.1, 0.15) is 26.7 Å². The highest BCUT2D eigenvalue weighted by molar-refractivity contribution is 4.54. The van der Waals surface area contributed by atoms with Crippen LogP contribution in [0.15, 0.2) is 0 Å². The van der Waals surface area contributed by atoms with Crippen LogP contribution in [-0.4, -0.2) is 19.8 Å². The van der Waals surface area contributed by atoms with Gasteiger partial charge in [-0.3, -0.25) is 0 Å². The second kappa shape index (κ2) is 7.92. The molecule has 0 radical (unpaired) electrons. The van der Waals surface area contributed by atoms with Gasteiger partial charge in [0.2, 0.25) is 0 Å². The molecular weight excluding hydrogens is 112 g/mol. The molecule has 0 bridgehead atoms. The molecule has 0 unspecified atom stereocenters. The summed E-state index contributed by atoms with van der Waals surface area (Å²) in [5.74, 6) is 0. The first-order valence-corrected chi connectivity index (χ1v) is 3.91. The fraction of sp³-hybridized carbons (Fsp3) is 1.00. The molecule has 0 aromatic rings. The highest BCUT2D eigenvalue weighted by Gasteiger charge is 1.92. The van der Waals surface area contributed by atoms with Gasteiger partial charge in [-0.15, -0.1) is 0 Å². The number of rotatable bonds is 0. The minimum atomic E-state index is 1.00. The smallest absolute Gasteiger partial charge is 0.0454 e. The minimum Gasteiger partial charge on any atom is -0.304 e. The highest BCUT2D eigenvalue weighted by Crippen LogP contribution is 1.85. The lowest BCUT2D eigenvalue weighted by molar-refractivity contribution is 0.652. The topological polar surface area (TPSA) is 24.1 Å². The Kier molecular flexibility index (Phi) is 7.85. The Bertz CT molecular complexity index is 26.5. The molecule has 0 aromatic carbocycles. The Morgan fingerprint density at radius 2 is 1.33 bits per heavy atom. The van der Waals surface area contributed by atoms with Crippen molar-refractivity contribution in [1.82, 2.24) is 10.6 Å². The van der Waals surface area contributed by atoms with Crippen LogP contribution in [0.3, 0.4) is 0 Å². The van der Waals surface area contributed by atoms with Gasteiger partial charge in [0.15, 0.2) is 0 Å². The molecule has 9 heavy (non-hydrogen) atoms. The first-order chi connectivity index (χ1) is 4.50. The highest BCUT2D eigenvalue weighted by atomic mass is 15.1. The average Bonchev–Trinajstić information content (AvgIpc) is 2.21. The van der Waals surface area contributed by atoms with Gasteiger partial charge in [0, 0.05) is 6.67 Å². The lowest BCUT2D eigenvalue weighted by atomic mass is 10.3. The number of hydrogen-bond acceptors (Lipinski definition) is 2. The van der Waals surface area contributed by atoms with Crippen LogP contribution in [0.4, 0.5) is 0 Å². The van der Waals surface area contributed by atoms with Crippen molar-refractivity contribution < 1.29 is 0 Å². The van der Waals surface area contributed by atoms with Crippen molar-refractivity contribution in [2.45, 2.75) is 26.7 Å². The summed E-state index contributed by atoms with van der Waals surface area (Å²) in [6, 6.07) is 0. The van der Waals surface area contributed by atoms with Crippen LogP contribution in [0.25, 0.3) is 0 Å². The van der Waals surface area contributed by atoms with E-state index < -0.39 is 0 Å². The Morgan fingerprint density at radius 3 is 1.78 bits per heavy atom. The Balaban J connectivity index is 0.000000291. The molecule has 0 atom stereocenters. The molecule has 2 heteroatoms. The van der Waals surface area contributed by atoms with Crippen molar-refractivity contribution in [2.24, 2.45) is 0 Å². The van der Waals surface area contributed by atoms with Crippen molar-refractivity contribution in [3.05, 3.63) is 0 Å². The molecule has 0 amide bonds. The van der Waals surface area contributed by atoms with E-state index in [1.807, 2.05) is 13.8 Å². The summed E-state index contributed by atoms with van der Waals surface area (Å²) in [5, 5.41) is 6.47. The van der Waals surface area contributed by atoms with Crippen LogP contribution in [0, 0.1) is 0 Å². The maximum atomic E-state index is 3.24. The predicted octanol–water partition coefficient (Wildman–Crippen LogP) is 0.943. The fourth-order valence-electron chi connectivity index (χ4n) is 0.765. The number of hydrogen-bond donors (Lipinski definition) is 2. The van der Waals surface area contributed by atoms with Crippen molar-refractivity contribution in [2.75, 3.05) is 19.8 Å². The van der Waals surface area contributed by atoms with E-state index in [1.165, 1.54) is 25.9 Å². The van der Waals surface area contributed by atoms with E-state index in [9.17, 15) is 0 Å². The summed E-state index contributed by atoms with van der Waals surface area (Å²) >= 11 is 0. The molecule has 1 heterocycles. The van der Waals surface area contributed by atoms with E-state index in [4.69, 9.17) is 0 Å². The molecule has 56 valence electrons. The van der Waals surface area contributed by atoms with Crippen molar-refractivity contribution >= 4 is 0 Å². The van der Waals surface area contributed by atoms with E-state index in [1.54, 1.807) is 0 Å². The summed E-state index contributed by atoms with van der Waals surface area (Å²) in [4.78, 5) is 0. The van der Waals surface area contributed by atoms with Gasteiger partial charge in [0.25, 0.3) is 0 Å². The van der Waals surface area contributed by atoms with Crippen LogP contribution >= 0.6 is 0 Å². The largest absolute Gasteiger partial charge is 0.304 e. The molecule has 0 aliphatic carbocycles. The third kappa shape index (κ3) is 5.80. The van der Waals surface area contributed by atoms with E-state index in [2.05, 4.69) is 10.6 Å². The standard InChI is InChI=1S/C5H12N2.C2H6/c1-2-4-7-5-6-3-1;1-2/h6-7H,1-5H2;1-2H3. The normalized spacial score (nSPS) is 19.3. The molecule has 0 spiro atoms. The van der Waals surface area contributed by atoms with Gasteiger partial charge in [0.1, 0.15) is 0 Å². The molecule has 1 saturated heterocycles. The van der Waals surface area contributed by atoms with Gasteiger partial charge >= 0.3 is 0 Å². The Morgan fingerprint density at radius 1 is 0.889 bits per heavy atom. The zero-order valence-corrected chi connectivity index (χ0v) is 6.54. The predicted molar refractivity (Wildman–Crippen MR) is 41.5 cm³/mol. The van der Waals surface area contributed by atoms with Gasteiger partial charge in [0.05, 0.1) is 0 Å². The summed E-state index contributed by atoms with van der Waals surface area (Å²) in [6.45, 7) is 7.38. The average molecular weight is 130 g/mol. The van der Waals surface area contributed by atoms with Gasteiger partial charge < -0.3 is 10.6 Å². The first kappa shape index (κ1) is 8.92. The van der Waals surface area contributed by atoms with E-state index in [0.29, 0.717) is 0 Å². The maximum absolute atomic E-state index is 3.24. The molecule has 1 fully saturated rings. The Hall–Kier alpha value is -0.0800. The van der Waals surface area contributed by atoms with Crippen LogP contribution in [-0.2, 0) is 0 Å². The van der Waals surface area contributed by atoms with Gasteiger partial charge in [-0.05, 0) is 25.9 Å². The monoisotopic (exact) mass is 130 g/mol. The van der Waals surface area contributed by atoms with Gasteiger partial charge in [-0.25, -0.2) is 0 Å². The van der Waals surface area contributed by atoms with E-state index in [0.717, 1.165) is 6.67 Å². The van der Waals surface area contributed by atoms with Crippen LogP contribution < -0.4 is 10.6 Å². The summed E-state index contributed by atoms with van der Waals surface area (Å²) in [6.07, 6.45) is 2.65. The molecule has 0 aromatic heterocycles. The first-order valence-electron chi connectivity index (χ1n) is 3.91. The molecule has 2 nitrogen and oxygen atoms in total. The lowest BCUT2D eigenvalue weighted by Crippen LogP contribution is -2.25. The molecular formula is C7H18N2. The van der Waals surface area contributed by atoms with Gasteiger partial charge in [-0.1, -0.05) is 13.8 Å². The zero-order chi connectivity index (χ0) is 6.95. The van der Waals surface area contributed by atoms with Gasteiger partial charge in [-0.2, -0.15) is 0 Å². The van der Waals surface area contributed by atoms with Crippen molar-refractivity contribution in [1.29, 1.82) is 0 Å². The summed E-state index contributed by atoms with van der Waals surface area (Å²) < 4.78 is 0. The third-order valence-electron chi connectivity index (χ3n) is 1.21. The van der Waals surface area contributed by atoms with Crippen molar-refractivity contribution in [3.8, 4) is 0 Å². The second-order valence-corrected chi connectivity index (χ2v) is 1.88. The van der Waals surface area contributed by atoms with Crippen molar-refractivity contribution in [3.63, 3.8) is 0 Å². The SMILES string of the molecule is C1CCNCNC1.CC. The number of nitrogens with one attached hydrogen (secondary N) is 2. The lowest BCUT2D eigenvalue weighted by Gasteiger charge is -1.94. The third-order valence-corrected chi connectivity index (χ3v) is 1.21. The summed E-state index contributed by atoms with van der Waals surface area (Å²) in [7, 11) is 0. The fourth-order valence-corrected chi connectivity index (χ4v) is 0.765. The quantitative estimate of drug-likeness (QED) is 0.510. The zero-order valence-electron chi connectivity index (χ0n) is 6.54. The molecule has 2 N–H and O–H groups in total. The molecule has 1 aliphatic heterocycles. The minimum absolute atomic E-state index is 1.00. The van der Waals surface area contributed by atoms with E-state index >= 15 is 0 Å². The summed E-state index contributed by atoms with van der Waals surface area (Å²) in [5.41, 5.74) is 0. The molecule has 1 aliphatic rings. The molecule has 0 saturated carbocycles. The molecule has 1 rings (SSSR count). The van der Waals surface area contributed by atoms with E-state index in [-0.39, 0.29) is 0 Å². The Labute approximate surface area is 58.0 Å². The maximum Gasteiger partial charge on any atom is 0.0454 e. The van der Waals surface area contributed by atoms with Crippen LogP contribution in [0.2, 0.25) is 0 Å². The van der Waals surface area contributed by atoms with Crippen LogP contribution in [0.5, 0.6) is 0 Å². The second-order valence-electron chi connectivity index (χ2n) is 1.88.